The number of piperidine rings is 1. The second-order valence-electron chi connectivity index (χ2n) is 6.54. The van der Waals surface area contributed by atoms with Gasteiger partial charge in [0, 0.05) is 24.5 Å². The number of thiophene rings is 1. The van der Waals surface area contributed by atoms with Gasteiger partial charge in [0.1, 0.15) is 5.60 Å². The number of amides is 2. The molecular weight excluding hydrogens is 300 g/mol. The van der Waals surface area contributed by atoms with Crippen molar-refractivity contribution in [3.63, 3.8) is 0 Å². The van der Waals surface area contributed by atoms with Crippen molar-refractivity contribution in [2.75, 3.05) is 13.1 Å². The first-order chi connectivity index (χ1) is 10.4. The first-order valence-corrected chi connectivity index (χ1v) is 8.61. The lowest BCUT2D eigenvalue weighted by molar-refractivity contribution is 0.0462. The van der Waals surface area contributed by atoms with Crippen LogP contribution in [0.5, 0.6) is 0 Å². The van der Waals surface area contributed by atoms with Gasteiger partial charge in [0.05, 0.1) is 5.56 Å². The minimum atomic E-state index is -0.511. The summed E-state index contributed by atoms with van der Waals surface area (Å²) in [7, 11) is 0. The highest BCUT2D eigenvalue weighted by atomic mass is 32.1. The third kappa shape index (κ3) is 4.73. The second-order valence-corrected chi connectivity index (χ2v) is 7.32. The average molecular weight is 324 g/mol. The highest BCUT2D eigenvalue weighted by molar-refractivity contribution is 7.08. The largest absolute Gasteiger partial charge is 0.444 e. The van der Waals surface area contributed by atoms with E-state index >= 15 is 0 Å². The molecule has 1 saturated heterocycles. The zero-order chi connectivity index (χ0) is 16.2. The van der Waals surface area contributed by atoms with Gasteiger partial charge in [0.2, 0.25) is 0 Å². The fourth-order valence-corrected chi connectivity index (χ4v) is 3.18. The van der Waals surface area contributed by atoms with E-state index in [2.05, 4.69) is 5.32 Å². The van der Waals surface area contributed by atoms with Crippen LogP contribution in [0, 0.1) is 0 Å². The molecule has 22 heavy (non-hydrogen) atoms. The summed E-state index contributed by atoms with van der Waals surface area (Å²) in [6, 6.07) is 1.88. The molecule has 1 aromatic heterocycles. The van der Waals surface area contributed by atoms with Crippen molar-refractivity contribution in [2.45, 2.75) is 51.7 Å². The van der Waals surface area contributed by atoms with Gasteiger partial charge in [-0.15, -0.1) is 0 Å². The Kier molecular flexibility index (Phi) is 5.45. The molecule has 6 heteroatoms. The molecule has 1 N–H and O–H groups in total. The van der Waals surface area contributed by atoms with E-state index in [0.29, 0.717) is 6.54 Å². The number of likely N-dealkylation sites (tertiary alicyclic amines) is 1. The molecule has 0 saturated carbocycles. The summed E-state index contributed by atoms with van der Waals surface area (Å²) >= 11 is 1.52. The zero-order valence-electron chi connectivity index (χ0n) is 13.4. The van der Waals surface area contributed by atoms with Gasteiger partial charge in [-0.2, -0.15) is 11.3 Å². The van der Waals surface area contributed by atoms with E-state index in [1.165, 1.54) is 11.3 Å². The van der Waals surface area contributed by atoms with E-state index in [4.69, 9.17) is 4.74 Å². The lowest BCUT2D eigenvalue weighted by atomic mass is 10.0. The Labute approximate surface area is 135 Å². The molecule has 0 spiro atoms. The molecule has 1 unspecified atom stereocenters. The summed E-state index contributed by atoms with van der Waals surface area (Å²) in [4.78, 5) is 26.2. The van der Waals surface area contributed by atoms with Crippen LogP contribution < -0.4 is 5.32 Å². The number of carbonyl (C=O) groups is 2. The van der Waals surface area contributed by atoms with Crippen molar-refractivity contribution in [1.29, 1.82) is 0 Å². The number of alkyl carbamates (subject to hydrolysis) is 1. The van der Waals surface area contributed by atoms with Crippen LogP contribution in [0.25, 0.3) is 0 Å². The molecule has 0 bridgehead atoms. The van der Waals surface area contributed by atoms with Gasteiger partial charge in [0.25, 0.3) is 5.91 Å². The van der Waals surface area contributed by atoms with Crippen LogP contribution in [0.3, 0.4) is 0 Å². The number of nitrogens with zero attached hydrogens (tertiary/aromatic N) is 1. The van der Waals surface area contributed by atoms with Crippen molar-refractivity contribution in [3.8, 4) is 0 Å². The lowest BCUT2D eigenvalue weighted by Gasteiger charge is -2.35. The molecule has 2 heterocycles. The minimum Gasteiger partial charge on any atom is -0.444 e. The maximum Gasteiger partial charge on any atom is 0.407 e. The fourth-order valence-electron chi connectivity index (χ4n) is 2.55. The number of hydrogen-bond acceptors (Lipinski definition) is 4. The van der Waals surface area contributed by atoms with Crippen molar-refractivity contribution >= 4 is 23.3 Å². The van der Waals surface area contributed by atoms with Gasteiger partial charge in [-0.25, -0.2) is 4.79 Å². The molecule has 0 aromatic carbocycles. The predicted octanol–water partition coefficient (Wildman–Crippen LogP) is 3.27. The molecule has 1 atom stereocenters. The fraction of sp³-hybridized carbons (Fsp3) is 0.625. The number of nitrogens with one attached hydrogen (secondary N) is 1. The Morgan fingerprint density at radius 2 is 2.18 bits per heavy atom. The zero-order valence-corrected chi connectivity index (χ0v) is 14.2. The quantitative estimate of drug-likeness (QED) is 0.928. The van der Waals surface area contributed by atoms with Crippen molar-refractivity contribution < 1.29 is 14.3 Å². The van der Waals surface area contributed by atoms with Crippen LogP contribution in [0.2, 0.25) is 0 Å². The van der Waals surface area contributed by atoms with Crippen LogP contribution in [0.4, 0.5) is 4.79 Å². The highest BCUT2D eigenvalue weighted by Gasteiger charge is 2.28. The monoisotopic (exact) mass is 324 g/mol. The van der Waals surface area contributed by atoms with Crippen molar-refractivity contribution in [3.05, 3.63) is 22.4 Å². The van der Waals surface area contributed by atoms with Gasteiger partial charge in [0.15, 0.2) is 0 Å². The van der Waals surface area contributed by atoms with Crippen molar-refractivity contribution in [2.24, 2.45) is 0 Å². The number of carbonyl (C=O) groups excluding carboxylic acids is 2. The van der Waals surface area contributed by atoms with Crippen LogP contribution in [0.15, 0.2) is 16.8 Å². The molecule has 0 radical (unpaired) electrons. The summed E-state index contributed by atoms with van der Waals surface area (Å²) in [5, 5.41) is 6.56. The summed E-state index contributed by atoms with van der Waals surface area (Å²) in [5.41, 5.74) is 0.220. The van der Waals surface area contributed by atoms with Crippen LogP contribution in [0.1, 0.15) is 50.4 Å². The molecule has 5 nitrogen and oxygen atoms in total. The summed E-state index contributed by atoms with van der Waals surface area (Å²) < 4.78 is 5.24. The Bertz CT molecular complexity index is 508. The first-order valence-electron chi connectivity index (χ1n) is 7.67. The van der Waals surface area contributed by atoms with Crippen LogP contribution in [-0.2, 0) is 4.74 Å². The molecule has 1 aliphatic rings. The Morgan fingerprint density at radius 3 is 2.82 bits per heavy atom. The average Bonchev–Trinajstić information content (AvgIpc) is 2.97. The molecule has 122 valence electrons. The number of rotatable bonds is 3. The normalized spacial score (nSPS) is 18.9. The predicted molar refractivity (Wildman–Crippen MR) is 87.2 cm³/mol. The van der Waals surface area contributed by atoms with E-state index in [9.17, 15) is 9.59 Å². The van der Waals surface area contributed by atoms with Gasteiger partial charge in [-0.3, -0.25) is 4.79 Å². The molecule has 2 amide bonds. The Balaban J connectivity index is 1.93. The van der Waals surface area contributed by atoms with Gasteiger partial charge in [-0.1, -0.05) is 0 Å². The van der Waals surface area contributed by atoms with Crippen molar-refractivity contribution in [1.82, 2.24) is 10.2 Å². The smallest absolute Gasteiger partial charge is 0.407 e. The molecular formula is C16H24N2O3S. The third-order valence-electron chi connectivity index (χ3n) is 3.54. The standard InChI is InChI=1S/C16H24N2O3S/c1-16(2,3)21-15(20)17-10-13-6-4-5-8-18(13)14(19)12-7-9-22-11-12/h7,9,11,13H,4-6,8,10H2,1-3H3,(H,17,20). The maximum atomic E-state index is 12.5. The van der Waals surface area contributed by atoms with Crippen LogP contribution >= 0.6 is 11.3 Å². The molecule has 1 fully saturated rings. The minimum absolute atomic E-state index is 0.0358. The van der Waals surface area contributed by atoms with E-state index in [0.717, 1.165) is 31.4 Å². The third-order valence-corrected chi connectivity index (χ3v) is 4.22. The van der Waals surface area contributed by atoms with Crippen LogP contribution in [-0.4, -0.2) is 41.6 Å². The Morgan fingerprint density at radius 1 is 1.41 bits per heavy atom. The van der Waals surface area contributed by atoms with Gasteiger partial charge < -0.3 is 15.0 Å². The lowest BCUT2D eigenvalue weighted by Crippen LogP contribution is -2.49. The van der Waals surface area contributed by atoms with E-state index in [-0.39, 0.29) is 11.9 Å². The van der Waals surface area contributed by atoms with E-state index < -0.39 is 11.7 Å². The molecule has 1 aromatic rings. The van der Waals surface area contributed by atoms with Gasteiger partial charge in [-0.05, 0) is 51.5 Å². The number of hydrogen-bond donors (Lipinski definition) is 1. The topological polar surface area (TPSA) is 58.6 Å². The number of ether oxygens (including phenoxy) is 1. The van der Waals surface area contributed by atoms with E-state index in [1.54, 1.807) is 0 Å². The summed E-state index contributed by atoms with van der Waals surface area (Å²) in [5.74, 6) is 0.0527. The second kappa shape index (κ2) is 7.13. The SMILES string of the molecule is CC(C)(C)OC(=O)NCC1CCCCN1C(=O)c1ccsc1. The summed E-state index contributed by atoms with van der Waals surface area (Å²) in [6.45, 7) is 6.68. The summed E-state index contributed by atoms with van der Waals surface area (Å²) in [6.07, 6.45) is 2.57. The van der Waals surface area contributed by atoms with Gasteiger partial charge >= 0.3 is 6.09 Å². The maximum absolute atomic E-state index is 12.5. The molecule has 2 rings (SSSR count). The molecule has 1 aliphatic heterocycles. The first kappa shape index (κ1) is 16.8. The molecule has 0 aliphatic carbocycles. The highest BCUT2D eigenvalue weighted by Crippen LogP contribution is 2.20. The van der Waals surface area contributed by atoms with E-state index in [1.807, 2.05) is 42.5 Å². The Hall–Kier alpha value is -1.56.